The van der Waals surface area contributed by atoms with Gasteiger partial charge in [0.2, 0.25) is 0 Å². The zero-order valence-corrected chi connectivity index (χ0v) is 79.2. The summed E-state index contributed by atoms with van der Waals surface area (Å²) in [5, 5.41) is 29.2. The van der Waals surface area contributed by atoms with Crippen molar-refractivity contribution in [2.45, 2.75) is 283 Å². The molecule has 11 aromatic carbocycles. The Morgan fingerprint density at radius 1 is 0.407 bits per heavy atom. The first-order valence-electron chi connectivity index (χ1n) is 43.5. The fraction of sp³-hybridized carbons (Fsp3) is 0.389. The predicted octanol–water partition coefficient (Wildman–Crippen LogP) is 27.5. The quantitative estimate of drug-likeness (QED) is 0.0227. The van der Waals surface area contributed by atoms with E-state index in [-0.39, 0.29) is 73.6 Å². The zero-order chi connectivity index (χ0) is 91.3. The summed E-state index contributed by atoms with van der Waals surface area (Å²) in [6.45, 7) is 48.2. The van der Waals surface area contributed by atoms with E-state index in [1.54, 1.807) is 50.2 Å². The van der Waals surface area contributed by atoms with E-state index in [9.17, 15) is 27.7 Å². The molecule has 0 spiro atoms. The summed E-state index contributed by atoms with van der Waals surface area (Å²) in [6.07, 6.45) is 11.6. The van der Waals surface area contributed by atoms with E-state index < -0.39 is 16.1 Å². The van der Waals surface area contributed by atoms with Gasteiger partial charge in [-0.05, 0) is 278 Å². The van der Waals surface area contributed by atoms with E-state index >= 15 is 0 Å². The lowest BCUT2D eigenvalue weighted by atomic mass is 9.87. The number of hydrogen-bond donors (Lipinski definition) is 3. The highest BCUT2D eigenvalue weighted by Crippen LogP contribution is 2.37. The van der Waals surface area contributed by atoms with Crippen molar-refractivity contribution >= 4 is 43.7 Å². The van der Waals surface area contributed by atoms with Gasteiger partial charge >= 0.3 is 11.9 Å². The van der Waals surface area contributed by atoms with Gasteiger partial charge in [0.05, 0.1) is 33.7 Å². The van der Waals surface area contributed by atoms with Gasteiger partial charge in [-0.3, -0.25) is 9.59 Å². The van der Waals surface area contributed by atoms with Gasteiger partial charge in [-0.1, -0.05) is 283 Å². The highest BCUT2D eigenvalue weighted by Gasteiger charge is 2.31. The van der Waals surface area contributed by atoms with Gasteiger partial charge in [-0.15, -0.1) is 0 Å². The number of rotatable bonds is 19. The molecule has 0 saturated heterocycles. The largest absolute Gasteiger partial charge is 0.744 e. The third-order valence-corrected chi connectivity index (χ3v) is 23.1. The molecule has 11 aromatic rings. The van der Waals surface area contributed by atoms with Crippen molar-refractivity contribution in [1.82, 2.24) is 0 Å². The summed E-state index contributed by atoms with van der Waals surface area (Å²) < 4.78 is 59.4. The molecule has 0 heterocycles. The molecule has 0 amide bonds. The van der Waals surface area contributed by atoms with Crippen LogP contribution in [0.25, 0.3) is 10.8 Å². The molecule has 3 N–H and O–H groups in total. The molecule has 12 rings (SSSR count). The summed E-state index contributed by atoms with van der Waals surface area (Å²) in [7, 11) is -4.57. The number of aromatic hydroxyl groups is 3. The van der Waals surface area contributed by atoms with Crippen LogP contribution in [0.5, 0.6) is 34.5 Å². The average molecular weight is 1710 g/mol. The number of phenols is 3. The van der Waals surface area contributed by atoms with E-state index in [2.05, 4.69) is 227 Å². The molecule has 1 aliphatic carbocycles. The van der Waals surface area contributed by atoms with Gasteiger partial charge in [0.15, 0.2) is 21.0 Å². The lowest BCUT2D eigenvalue weighted by molar-refractivity contribution is -0.152. The number of esters is 2. The first kappa shape index (κ1) is 103. The van der Waals surface area contributed by atoms with E-state index in [1.807, 2.05) is 119 Å². The Kier molecular flexibility index (Phi) is 42.5. The Hall–Kier alpha value is -10.2. The van der Waals surface area contributed by atoms with Crippen LogP contribution in [0.1, 0.15) is 248 Å². The monoisotopic (exact) mass is 1710 g/mol. The van der Waals surface area contributed by atoms with Crippen molar-refractivity contribution in [3.8, 4) is 34.5 Å². The minimum absolute atomic E-state index is 0.0684. The fourth-order valence-corrected chi connectivity index (χ4v) is 14.8. The summed E-state index contributed by atoms with van der Waals surface area (Å²) in [5.74, 6) is 2.16. The summed E-state index contributed by atoms with van der Waals surface area (Å²) in [6, 6.07) is 85.2. The van der Waals surface area contributed by atoms with Crippen LogP contribution in [0.4, 0.5) is 0 Å². The minimum Gasteiger partial charge on any atom is -0.744 e. The maximum atomic E-state index is 11.3. The molecule has 662 valence electrons. The number of phenolic OH excluding ortho intramolecular Hbond substituents is 3. The predicted molar refractivity (Wildman–Crippen MR) is 508 cm³/mol. The van der Waals surface area contributed by atoms with Crippen LogP contribution in [-0.2, 0) is 88.4 Å². The van der Waals surface area contributed by atoms with Crippen molar-refractivity contribution in [2.24, 2.45) is 11.8 Å². The van der Waals surface area contributed by atoms with Crippen LogP contribution in [0.2, 0.25) is 0 Å². The van der Waals surface area contributed by atoms with Crippen molar-refractivity contribution in [3.63, 3.8) is 0 Å². The maximum Gasteiger partial charge on any atom is 0.313 e. The molecule has 0 radical (unpaired) electrons. The second-order valence-corrected chi connectivity index (χ2v) is 38.7. The number of hydrogen-bond acceptors (Lipinski definition) is 13. The number of carbonyl (C=O) groups excluding carboxylic acids is 2. The number of benzene rings is 11. The van der Waals surface area contributed by atoms with Gasteiger partial charge in [0.25, 0.3) is 0 Å². The van der Waals surface area contributed by atoms with Gasteiger partial charge < -0.3 is 43.6 Å². The summed E-state index contributed by atoms with van der Waals surface area (Å²) >= 11 is 0. The third-order valence-electron chi connectivity index (χ3n) is 20.0. The van der Waals surface area contributed by atoms with Crippen LogP contribution in [0.3, 0.4) is 0 Å². The summed E-state index contributed by atoms with van der Waals surface area (Å²) in [5.41, 5.74) is 12.1. The van der Waals surface area contributed by atoms with E-state index in [0.29, 0.717) is 23.4 Å². The maximum absolute atomic E-state index is 11.3. The average Bonchev–Trinajstić information content (AvgIpc) is 0.789. The first-order valence-corrected chi connectivity index (χ1v) is 46.1. The smallest absolute Gasteiger partial charge is 0.313 e. The highest BCUT2D eigenvalue weighted by molar-refractivity contribution is 7.97. The second-order valence-electron chi connectivity index (χ2n) is 35.3. The standard InChI is InChI=1S/C30H39S.C16H24O2.C12H16O2.C12H12O.C12H18O.C10H12O5S.2C8H10O/c1-28(2,3)22-10-16-25(17-11-22)31(26-18-12-23(13-19-26)29(4,5)6)27-20-14-24(15-21-27)30(7,8)9;1-3-14-9-11-16(12-10-14)18-13(2)17-15-7-5-4-6-8-15;1-9(2)12(13)14-10(3)11-7-5-4-6-8-11;1-2-9-3-4-11-8-12(13)6-5-10(11)7-9;1-5-10-6-8-11(9-7-10)13-12(2,3)4;1-7(2)10(11)15-8-3-5-9(6-4-8)16(12,13)14;2*1-2-7-3-5-8(9)6-4-7/h10-21H,1-9H3;9-13,15H,3-8H2,1-2H3;4-10H,1-3H3;3-8,13H,2H2,1H3;6-9H,5H2,1-4H3;3-7H,1-2H3,(H,12,13,14);2*3-6,9H,2H2,1H3/q+1;;;;;;;/p-1. The number of fused-ring (bicyclic) bond motifs is 1. The van der Waals surface area contributed by atoms with E-state index in [1.165, 1.54) is 109 Å². The van der Waals surface area contributed by atoms with Crippen molar-refractivity contribution in [1.29, 1.82) is 0 Å². The molecule has 1 aliphatic rings. The highest BCUT2D eigenvalue weighted by atomic mass is 32.2. The lowest BCUT2D eigenvalue weighted by Crippen LogP contribution is -2.26. The van der Waals surface area contributed by atoms with Gasteiger partial charge in [0, 0.05) is 0 Å². The van der Waals surface area contributed by atoms with Crippen LogP contribution in [-0.4, -0.2) is 58.2 Å². The Balaban J connectivity index is 0.000000258. The minimum atomic E-state index is -4.45. The number of aryl methyl sites for hydroxylation is 5. The van der Waals surface area contributed by atoms with Crippen molar-refractivity contribution < 1.29 is 61.6 Å². The number of ether oxygens (including phenoxy) is 5. The molecule has 13 nitrogen and oxygen atoms in total. The van der Waals surface area contributed by atoms with Crippen LogP contribution in [0, 0.1) is 11.8 Å². The van der Waals surface area contributed by atoms with Crippen molar-refractivity contribution in [2.75, 3.05) is 0 Å². The van der Waals surface area contributed by atoms with Gasteiger partial charge in [-0.25, -0.2) is 8.42 Å². The Bertz CT molecular complexity index is 4770. The topological polar surface area (TPSA) is 198 Å². The molecular weight excluding hydrogens is 1570 g/mol. The molecule has 2 unspecified atom stereocenters. The molecule has 2 atom stereocenters. The SMILES string of the molecule is CC(C)(C)c1ccc([S+](c2ccc(C(C)(C)C)cc2)c2ccc(C(C)(C)C)cc2)cc1.CC(C)C(=O)OC(C)c1ccccc1.CC(C)C(=O)Oc1ccc(S(=O)(=O)[O-])cc1.CCc1ccc(O)cc1.CCc1ccc(O)cc1.CCc1ccc(OC(C)(C)C)cc1.CCc1ccc(OC(C)OC2CCCCC2)cc1.CCc1ccc2cc(O)ccc2c1. The molecule has 123 heavy (non-hydrogen) atoms. The second kappa shape index (κ2) is 50.6. The number of carbonyl (C=O) groups is 2. The van der Waals surface area contributed by atoms with E-state index in [0.717, 1.165) is 66.7 Å². The molecule has 0 aliphatic heterocycles. The van der Waals surface area contributed by atoms with Gasteiger partial charge in [0.1, 0.15) is 56.3 Å². The van der Waals surface area contributed by atoms with Crippen molar-refractivity contribution in [3.05, 3.63) is 311 Å². The van der Waals surface area contributed by atoms with Gasteiger partial charge in [-0.2, -0.15) is 0 Å². The Morgan fingerprint density at radius 3 is 1.12 bits per heavy atom. The summed E-state index contributed by atoms with van der Waals surface area (Å²) in [4.78, 5) is 26.3. The van der Waals surface area contributed by atoms with E-state index in [4.69, 9.17) is 33.9 Å². The van der Waals surface area contributed by atoms with Crippen LogP contribution in [0.15, 0.2) is 280 Å². The molecule has 1 fully saturated rings. The fourth-order valence-electron chi connectivity index (χ4n) is 12.3. The normalized spacial score (nSPS) is 12.6. The molecular formula is C108H140O13S2. The first-order chi connectivity index (χ1) is 57.9. The zero-order valence-electron chi connectivity index (χ0n) is 77.5. The Labute approximate surface area is 741 Å². The Morgan fingerprint density at radius 2 is 0.756 bits per heavy atom. The third kappa shape index (κ3) is 38.7. The van der Waals surface area contributed by atoms with Crippen LogP contribution >= 0.6 is 0 Å². The molecule has 1 saturated carbocycles. The molecule has 0 aromatic heterocycles. The molecule has 0 bridgehead atoms. The van der Waals surface area contributed by atoms with Crippen LogP contribution < -0.4 is 14.2 Å². The lowest BCUT2D eigenvalue weighted by Gasteiger charge is -2.26. The molecule has 15 heteroatoms.